The van der Waals surface area contributed by atoms with Gasteiger partial charge in [-0.1, -0.05) is 0 Å². The van der Waals surface area contributed by atoms with Gasteiger partial charge in [0.1, 0.15) is 0 Å². The van der Waals surface area contributed by atoms with Crippen LogP contribution in [0.4, 0.5) is 0 Å². The van der Waals surface area contributed by atoms with E-state index in [0.717, 1.165) is 38.6 Å². The molecule has 72 valence electrons. The Morgan fingerprint density at radius 2 is 2.08 bits per heavy atom. The Hall–Kier alpha value is -0.120. The van der Waals surface area contributed by atoms with E-state index in [1.807, 2.05) is 0 Å². The van der Waals surface area contributed by atoms with Crippen molar-refractivity contribution in [2.75, 3.05) is 13.2 Å². The molecule has 1 rings (SSSR count). The first-order chi connectivity index (χ1) is 5.84. The summed E-state index contributed by atoms with van der Waals surface area (Å²) < 4.78 is 0. The van der Waals surface area contributed by atoms with Crippen LogP contribution in [-0.2, 0) is 0 Å². The first kappa shape index (κ1) is 9.96. The Morgan fingerprint density at radius 3 is 2.67 bits per heavy atom. The molecule has 12 heavy (non-hydrogen) atoms. The smallest absolute Gasteiger partial charge is 0.0693 e. The molecule has 3 nitrogen and oxygen atoms in total. The lowest BCUT2D eigenvalue weighted by molar-refractivity contribution is 0.149. The van der Waals surface area contributed by atoms with Gasteiger partial charge in [0.2, 0.25) is 0 Å². The van der Waals surface area contributed by atoms with Crippen LogP contribution in [0.3, 0.4) is 0 Å². The largest absolute Gasteiger partial charge is 0.396 e. The molecule has 3 heteroatoms. The molecule has 2 atom stereocenters. The van der Waals surface area contributed by atoms with Crippen molar-refractivity contribution < 1.29 is 10.2 Å². The maximum atomic E-state index is 9.43. The monoisotopic (exact) mass is 173 g/mol. The van der Waals surface area contributed by atoms with Crippen LogP contribution < -0.4 is 5.32 Å². The fourth-order valence-electron chi connectivity index (χ4n) is 1.70. The number of nitrogens with one attached hydrogen (secondary N) is 1. The van der Waals surface area contributed by atoms with Crippen LogP contribution in [-0.4, -0.2) is 35.5 Å². The van der Waals surface area contributed by atoms with Crippen molar-refractivity contribution >= 4 is 0 Å². The summed E-state index contributed by atoms with van der Waals surface area (Å²) in [5.74, 6) is 0. The van der Waals surface area contributed by atoms with Crippen LogP contribution in [0.15, 0.2) is 0 Å². The zero-order valence-corrected chi connectivity index (χ0v) is 7.50. The van der Waals surface area contributed by atoms with Gasteiger partial charge in [0.25, 0.3) is 0 Å². The Morgan fingerprint density at radius 1 is 1.25 bits per heavy atom. The minimum atomic E-state index is -0.140. The zero-order chi connectivity index (χ0) is 8.81. The summed E-state index contributed by atoms with van der Waals surface area (Å²) >= 11 is 0. The third-order valence-corrected chi connectivity index (χ3v) is 2.47. The highest BCUT2D eigenvalue weighted by Gasteiger charge is 2.23. The number of unbranched alkanes of at least 4 members (excludes halogenated alkanes) is 1. The summed E-state index contributed by atoms with van der Waals surface area (Å²) in [6.07, 6.45) is 4.89. The molecule has 0 saturated heterocycles. The van der Waals surface area contributed by atoms with Crippen molar-refractivity contribution in [3.05, 3.63) is 0 Å². The molecule has 0 heterocycles. The third kappa shape index (κ3) is 3.09. The topological polar surface area (TPSA) is 52.5 Å². The maximum Gasteiger partial charge on any atom is 0.0693 e. The third-order valence-electron chi connectivity index (χ3n) is 2.47. The van der Waals surface area contributed by atoms with Crippen molar-refractivity contribution in [1.29, 1.82) is 0 Å². The molecule has 1 aliphatic carbocycles. The van der Waals surface area contributed by atoms with E-state index in [-0.39, 0.29) is 12.7 Å². The molecular weight excluding hydrogens is 154 g/mol. The van der Waals surface area contributed by atoms with E-state index in [2.05, 4.69) is 5.32 Å². The molecule has 0 aromatic heterocycles. The summed E-state index contributed by atoms with van der Waals surface area (Å²) in [6, 6.07) is 0.309. The molecule has 1 fully saturated rings. The van der Waals surface area contributed by atoms with Crippen molar-refractivity contribution in [3.8, 4) is 0 Å². The Bertz CT molecular complexity index is 119. The molecule has 1 aliphatic rings. The van der Waals surface area contributed by atoms with Gasteiger partial charge >= 0.3 is 0 Å². The normalized spacial score (nSPS) is 29.5. The molecule has 0 radical (unpaired) electrons. The van der Waals surface area contributed by atoms with Crippen molar-refractivity contribution in [1.82, 2.24) is 5.32 Å². The first-order valence-electron chi connectivity index (χ1n) is 4.87. The first-order valence-corrected chi connectivity index (χ1v) is 4.87. The molecule has 3 N–H and O–H groups in total. The summed E-state index contributed by atoms with van der Waals surface area (Å²) in [5.41, 5.74) is 0. The van der Waals surface area contributed by atoms with Crippen LogP contribution in [0.1, 0.15) is 32.1 Å². The number of hydrogen-bond donors (Lipinski definition) is 3. The number of rotatable bonds is 5. The maximum absolute atomic E-state index is 9.43. The summed E-state index contributed by atoms with van der Waals surface area (Å²) in [5, 5.41) is 21.3. The molecular formula is C9H19NO2. The van der Waals surface area contributed by atoms with Crippen LogP contribution in [0.25, 0.3) is 0 Å². The average molecular weight is 173 g/mol. The SMILES string of the molecule is OCCCCN[C@H]1CCC[C@@H]1O. The van der Waals surface area contributed by atoms with Crippen molar-refractivity contribution in [2.24, 2.45) is 0 Å². The van der Waals surface area contributed by atoms with E-state index >= 15 is 0 Å². The van der Waals surface area contributed by atoms with Crippen LogP contribution in [0.2, 0.25) is 0 Å². The van der Waals surface area contributed by atoms with Crippen LogP contribution in [0.5, 0.6) is 0 Å². The predicted octanol–water partition coefficient (Wildman–Crippen LogP) is 0.262. The lowest BCUT2D eigenvalue weighted by Gasteiger charge is -2.15. The molecule has 1 saturated carbocycles. The zero-order valence-electron chi connectivity index (χ0n) is 7.50. The van der Waals surface area contributed by atoms with E-state index in [9.17, 15) is 5.11 Å². The average Bonchev–Trinajstić information content (AvgIpc) is 2.46. The minimum Gasteiger partial charge on any atom is -0.396 e. The van der Waals surface area contributed by atoms with Gasteiger partial charge in [0.05, 0.1) is 6.10 Å². The second-order valence-corrected chi connectivity index (χ2v) is 3.49. The highest BCUT2D eigenvalue weighted by Crippen LogP contribution is 2.18. The van der Waals surface area contributed by atoms with Gasteiger partial charge < -0.3 is 15.5 Å². The highest BCUT2D eigenvalue weighted by molar-refractivity contribution is 4.82. The van der Waals surface area contributed by atoms with Gasteiger partial charge in [0, 0.05) is 12.6 Å². The van der Waals surface area contributed by atoms with E-state index in [0.29, 0.717) is 6.04 Å². The van der Waals surface area contributed by atoms with Gasteiger partial charge in [-0.15, -0.1) is 0 Å². The van der Waals surface area contributed by atoms with Crippen molar-refractivity contribution in [3.63, 3.8) is 0 Å². The minimum absolute atomic E-state index is 0.140. The summed E-state index contributed by atoms with van der Waals surface area (Å²) in [4.78, 5) is 0. The van der Waals surface area contributed by atoms with Gasteiger partial charge in [-0.25, -0.2) is 0 Å². The predicted molar refractivity (Wildman–Crippen MR) is 48.0 cm³/mol. The molecule has 0 amide bonds. The standard InChI is InChI=1S/C9H19NO2/c11-7-2-1-6-10-8-4-3-5-9(8)12/h8-12H,1-7H2/t8-,9-/m0/s1. The second kappa shape index (κ2) is 5.51. The highest BCUT2D eigenvalue weighted by atomic mass is 16.3. The van der Waals surface area contributed by atoms with Crippen LogP contribution >= 0.6 is 0 Å². The number of aliphatic hydroxyl groups is 2. The van der Waals surface area contributed by atoms with Crippen LogP contribution in [0, 0.1) is 0 Å². The Balaban J connectivity index is 1.98. The summed E-state index contributed by atoms with van der Waals surface area (Å²) in [7, 11) is 0. The van der Waals surface area contributed by atoms with E-state index in [4.69, 9.17) is 5.11 Å². The molecule has 0 aromatic carbocycles. The Kier molecular flexibility index (Phi) is 4.58. The van der Waals surface area contributed by atoms with E-state index in [1.54, 1.807) is 0 Å². The quantitative estimate of drug-likeness (QED) is 0.523. The van der Waals surface area contributed by atoms with Crippen molar-refractivity contribution in [2.45, 2.75) is 44.2 Å². The second-order valence-electron chi connectivity index (χ2n) is 3.49. The molecule has 0 unspecified atom stereocenters. The lowest BCUT2D eigenvalue weighted by atomic mass is 10.2. The van der Waals surface area contributed by atoms with E-state index < -0.39 is 0 Å². The Labute approximate surface area is 73.8 Å². The number of hydrogen-bond acceptors (Lipinski definition) is 3. The van der Waals surface area contributed by atoms with Gasteiger partial charge in [-0.3, -0.25) is 0 Å². The fourth-order valence-corrected chi connectivity index (χ4v) is 1.70. The molecule has 0 aliphatic heterocycles. The lowest BCUT2D eigenvalue weighted by Crippen LogP contribution is -2.36. The molecule has 0 spiro atoms. The molecule has 0 aromatic rings. The fraction of sp³-hybridized carbons (Fsp3) is 1.00. The van der Waals surface area contributed by atoms with Gasteiger partial charge in [0.15, 0.2) is 0 Å². The molecule has 0 bridgehead atoms. The van der Waals surface area contributed by atoms with E-state index in [1.165, 1.54) is 0 Å². The summed E-state index contributed by atoms with van der Waals surface area (Å²) in [6.45, 7) is 1.19. The van der Waals surface area contributed by atoms with Gasteiger partial charge in [-0.2, -0.15) is 0 Å². The number of aliphatic hydroxyl groups excluding tert-OH is 2. The van der Waals surface area contributed by atoms with Gasteiger partial charge in [-0.05, 0) is 38.6 Å².